The average molecular weight is 801 g/mol. The second-order valence-electron chi connectivity index (χ2n) is 8.86. The summed E-state index contributed by atoms with van der Waals surface area (Å²) in [6, 6.07) is 23.7. The molecule has 0 N–H and O–H groups in total. The molecule has 223 valence electrons. The van der Waals surface area contributed by atoms with E-state index >= 15 is 0 Å². The van der Waals surface area contributed by atoms with Crippen LogP contribution in [0.2, 0.25) is 0 Å². The molecule has 0 aliphatic heterocycles. The summed E-state index contributed by atoms with van der Waals surface area (Å²) in [5.74, 6) is 1.33. The first-order valence-corrected chi connectivity index (χ1v) is 14.8. The number of hydrogen-bond acceptors (Lipinski definition) is 1. The molecule has 4 fully saturated rings. The first-order valence-electron chi connectivity index (χ1n) is 13.4. The largest absolute Gasteiger partial charge is 1.00 e. The van der Waals surface area contributed by atoms with E-state index in [1.165, 1.54) is 22.2 Å². The minimum absolute atomic E-state index is 0. The van der Waals surface area contributed by atoms with E-state index < -0.39 is 7.92 Å². The van der Waals surface area contributed by atoms with Gasteiger partial charge in [0.25, 0.3) is 0 Å². The van der Waals surface area contributed by atoms with Gasteiger partial charge in [-0.05, 0) is 141 Å². The van der Waals surface area contributed by atoms with Gasteiger partial charge in [0.05, 0.1) is 0 Å². The number of hydrogen-bond donors (Lipinski definition) is 0. The number of benzene rings is 2. The minimum atomic E-state index is -0.589. The van der Waals surface area contributed by atoms with Gasteiger partial charge in [0, 0.05) is 55.1 Å². The van der Waals surface area contributed by atoms with Gasteiger partial charge in [-0.25, -0.2) is 0 Å². The molecule has 1 aromatic heterocycles. The second-order valence-corrected chi connectivity index (χ2v) is 11.0. The van der Waals surface area contributed by atoms with Crippen LogP contribution in [-0.4, -0.2) is 9.78 Å². The van der Waals surface area contributed by atoms with Crippen LogP contribution >= 0.6 is 7.92 Å². The van der Waals surface area contributed by atoms with Crippen LogP contribution in [0.25, 0.3) is 0 Å². The van der Waals surface area contributed by atoms with Crippen LogP contribution in [0.5, 0.6) is 0 Å². The zero-order valence-electron chi connectivity index (χ0n) is 23.8. The molecule has 7 rings (SSSR count). The maximum absolute atomic E-state index is 4.32. The van der Waals surface area contributed by atoms with E-state index in [4.69, 9.17) is 0 Å². The molecule has 43 heavy (non-hydrogen) atoms. The Bertz CT molecular complexity index is 926. The third-order valence-electron chi connectivity index (χ3n) is 6.08. The summed E-state index contributed by atoms with van der Waals surface area (Å²) >= 11 is 0. The van der Waals surface area contributed by atoms with Gasteiger partial charge in [-0.3, -0.25) is 0 Å². The van der Waals surface area contributed by atoms with Crippen LogP contribution in [0.4, 0.5) is 0 Å². The van der Waals surface area contributed by atoms with Gasteiger partial charge < -0.3 is 9.78 Å². The van der Waals surface area contributed by atoms with E-state index in [-0.39, 0.29) is 63.0 Å². The van der Waals surface area contributed by atoms with Gasteiger partial charge >= 0.3 is 19.5 Å². The smallest absolute Gasteiger partial charge is 0.365 e. The van der Waals surface area contributed by atoms with E-state index in [0.717, 1.165) is 0 Å². The predicted molar refractivity (Wildman–Crippen MR) is 169 cm³/mol. The Hall–Kier alpha value is -0.115. The van der Waals surface area contributed by atoms with E-state index in [0.29, 0.717) is 0 Å². The molecule has 0 amide bonds. The Balaban J connectivity index is 0.000000419. The average Bonchev–Trinajstić information content (AvgIpc) is 3.87. The van der Waals surface area contributed by atoms with Crippen molar-refractivity contribution in [2.75, 3.05) is 0 Å². The molecule has 4 aliphatic carbocycles. The topological polar surface area (TPSA) is 17.8 Å². The third kappa shape index (κ3) is 14.5. The molecular weight excluding hydrogens is 767 g/mol. The van der Waals surface area contributed by atoms with Gasteiger partial charge in [-0.1, -0.05) is 60.7 Å². The molecule has 6 heteroatoms. The minimum Gasteiger partial charge on any atom is -0.365 e. The summed E-state index contributed by atoms with van der Waals surface area (Å²) in [5.41, 5.74) is 1.40. The third-order valence-corrected chi connectivity index (χ3v) is 8.60. The van der Waals surface area contributed by atoms with Crippen molar-refractivity contribution in [1.29, 1.82) is 0 Å². The maximum atomic E-state index is 4.32. The Morgan fingerprint density at radius 3 is 1.35 bits per heavy atom. The van der Waals surface area contributed by atoms with Crippen molar-refractivity contribution in [1.82, 2.24) is 9.78 Å². The Labute approximate surface area is 302 Å². The molecule has 4 aliphatic rings. The van der Waals surface area contributed by atoms with E-state index in [9.17, 15) is 0 Å². The van der Waals surface area contributed by atoms with Crippen molar-refractivity contribution in [3.63, 3.8) is 0 Å². The zero-order valence-corrected chi connectivity index (χ0v) is 29.1. The van der Waals surface area contributed by atoms with Gasteiger partial charge in [-0.2, -0.15) is 6.07 Å². The van der Waals surface area contributed by atoms with Crippen molar-refractivity contribution in [2.24, 2.45) is 0 Å². The fourth-order valence-corrected chi connectivity index (χ4v) is 6.68. The molecule has 0 bridgehead atoms. The Morgan fingerprint density at radius 1 is 0.605 bits per heavy atom. The molecule has 0 spiro atoms. The SMILES string of the molecule is C[C@H]([C]1[CH][CH][CH][C]1P(c1ccccc1)c1ccccc1)n1cc[c-]n1.[CH]1[CH][CH][CH][CH]1.[CH]1[CH][CH][CH][CH]1.[CH]1[CH][CH][CH][CH]1.[Fe].[Pd].[Ru+]. The van der Waals surface area contributed by atoms with Gasteiger partial charge in [0.2, 0.25) is 0 Å². The van der Waals surface area contributed by atoms with Crippen molar-refractivity contribution >= 4 is 18.5 Å². The van der Waals surface area contributed by atoms with Crippen LogP contribution in [0.3, 0.4) is 0 Å². The van der Waals surface area contributed by atoms with Crippen molar-refractivity contribution in [3.05, 3.63) is 206 Å². The van der Waals surface area contributed by atoms with E-state index in [1.54, 1.807) is 0 Å². The summed E-state index contributed by atoms with van der Waals surface area (Å²) in [6.07, 6.45) is 41.5. The van der Waals surface area contributed by atoms with Gasteiger partial charge in [0.15, 0.2) is 0 Å². The molecule has 2 aromatic carbocycles. The fraction of sp³-hybridized carbons (Fsp3) is 0.0541. The monoisotopic (exact) mass is 801 g/mol. The standard InChI is InChI=1S/C22H19N2P.3C5H5.Fe.Pd.Ru/c1-18(24-17-9-16-23-24)21-14-8-15-22(21)25(19-10-4-2-5-11-19)20-12-6-3-7-13-20;3*1-2-4-5-3-1;;;/h2-15,17-18H,1H3;3*1-5H;;;/q-1;;;;;;+1/t18-;;;;;;/m1....../s1. The molecule has 1 atom stereocenters. The second kappa shape index (κ2) is 25.0. The molecule has 1 heterocycles. The van der Waals surface area contributed by atoms with Crippen molar-refractivity contribution in [3.8, 4) is 0 Å². The Kier molecular flexibility index (Phi) is 23.8. The normalized spacial score (nSPS) is 18.4. The molecular formula is C37H34FeN2PPdRu. The summed E-state index contributed by atoms with van der Waals surface area (Å²) in [5, 5.41) is 7.06. The number of nitrogens with zero attached hydrogens (tertiary/aromatic N) is 2. The molecule has 4 saturated carbocycles. The van der Waals surface area contributed by atoms with Crippen molar-refractivity contribution < 1.29 is 57.0 Å². The quantitative estimate of drug-likeness (QED) is 0.152. The molecule has 3 aromatic rings. The predicted octanol–water partition coefficient (Wildman–Crippen LogP) is 7.17. The first kappa shape index (κ1) is 40.9. The maximum Gasteiger partial charge on any atom is 1.00 e. The zero-order chi connectivity index (χ0) is 27.7. The molecule has 21 radical (unpaired) electrons. The van der Waals surface area contributed by atoms with Crippen LogP contribution in [0, 0.1) is 133 Å². The van der Waals surface area contributed by atoms with Crippen molar-refractivity contribution in [2.45, 2.75) is 13.0 Å². The van der Waals surface area contributed by atoms with E-state index in [1.807, 2.05) is 113 Å². The molecule has 0 unspecified atom stereocenters. The van der Waals surface area contributed by atoms with Crippen LogP contribution < -0.4 is 10.6 Å². The molecule has 2 nitrogen and oxygen atoms in total. The summed E-state index contributed by atoms with van der Waals surface area (Å²) in [7, 11) is -0.589. The van der Waals surface area contributed by atoms with Gasteiger partial charge in [-0.15, -0.1) is 12.4 Å². The summed E-state index contributed by atoms with van der Waals surface area (Å²) in [4.78, 5) is 0. The Morgan fingerprint density at radius 2 is 1.00 bits per heavy atom. The number of aromatic nitrogens is 2. The van der Waals surface area contributed by atoms with Crippen LogP contribution in [0.1, 0.15) is 13.0 Å². The molecule has 0 saturated heterocycles. The van der Waals surface area contributed by atoms with Gasteiger partial charge in [0.1, 0.15) is 0 Å². The van der Waals surface area contributed by atoms with Crippen LogP contribution in [-0.2, 0) is 57.0 Å². The van der Waals surface area contributed by atoms with E-state index in [2.05, 4.69) is 98.1 Å². The number of rotatable bonds is 5. The first-order chi connectivity index (χ1) is 19.8. The summed E-state index contributed by atoms with van der Waals surface area (Å²) in [6.45, 7) is 2.20. The summed E-state index contributed by atoms with van der Waals surface area (Å²) < 4.78 is 1.97. The van der Waals surface area contributed by atoms with Crippen LogP contribution in [0.15, 0.2) is 72.9 Å². The fourth-order valence-electron chi connectivity index (χ4n) is 4.13.